The Morgan fingerprint density at radius 2 is 1.82 bits per heavy atom. The fourth-order valence-corrected chi connectivity index (χ4v) is 4.71. The minimum absolute atomic E-state index is 0.0375. The summed E-state index contributed by atoms with van der Waals surface area (Å²) < 4.78 is 45.1. The zero-order valence-corrected chi connectivity index (χ0v) is 15.9. The van der Waals surface area contributed by atoms with Crippen LogP contribution in [-0.4, -0.2) is 31.1 Å². The Kier molecular flexibility index (Phi) is 5.34. The molecular formula is C22H25F3N2O. The van der Waals surface area contributed by atoms with Gasteiger partial charge in [-0.1, -0.05) is 30.3 Å². The number of hydrogen-bond acceptors (Lipinski definition) is 3. The van der Waals surface area contributed by atoms with Crippen molar-refractivity contribution in [1.82, 2.24) is 10.2 Å². The molecule has 28 heavy (non-hydrogen) atoms. The van der Waals surface area contributed by atoms with Crippen LogP contribution < -0.4 is 10.1 Å². The molecule has 3 aliphatic rings. The molecule has 1 N–H and O–H groups in total. The summed E-state index contributed by atoms with van der Waals surface area (Å²) >= 11 is 0. The number of methoxy groups -OCH3 is 1. The highest BCUT2D eigenvalue weighted by molar-refractivity contribution is 5.34. The Morgan fingerprint density at radius 3 is 2.54 bits per heavy atom. The van der Waals surface area contributed by atoms with Crippen LogP contribution in [-0.2, 0) is 12.7 Å². The number of fused-ring (bicyclic) bond motifs is 3. The van der Waals surface area contributed by atoms with Crippen LogP contribution in [0, 0.1) is 5.92 Å². The molecule has 2 atom stereocenters. The average molecular weight is 390 g/mol. The van der Waals surface area contributed by atoms with Crippen LogP contribution in [0.4, 0.5) is 13.2 Å². The van der Waals surface area contributed by atoms with Crippen molar-refractivity contribution in [2.24, 2.45) is 5.92 Å². The normalized spacial score (nSPS) is 27.0. The van der Waals surface area contributed by atoms with Crippen LogP contribution in [0.5, 0.6) is 5.75 Å². The van der Waals surface area contributed by atoms with E-state index in [0.717, 1.165) is 48.9 Å². The van der Waals surface area contributed by atoms with Crippen molar-refractivity contribution < 1.29 is 17.9 Å². The van der Waals surface area contributed by atoms with Crippen molar-refractivity contribution in [3.8, 4) is 5.75 Å². The maximum absolute atomic E-state index is 13.2. The first-order valence-corrected chi connectivity index (χ1v) is 9.74. The summed E-state index contributed by atoms with van der Waals surface area (Å²) in [5, 5.41) is 3.65. The molecule has 0 unspecified atom stereocenters. The lowest BCUT2D eigenvalue weighted by Gasteiger charge is -2.51. The van der Waals surface area contributed by atoms with Gasteiger partial charge < -0.3 is 10.1 Å². The van der Waals surface area contributed by atoms with Gasteiger partial charge in [-0.05, 0) is 55.6 Å². The highest BCUT2D eigenvalue weighted by Crippen LogP contribution is 2.42. The molecule has 2 aromatic carbocycles. The number of halogens is 3. The summed E-state index contributed by atoms with van der Waals surface area (Å²) in [5.74, 6) is 1.30. The third-order valence-electron chi connectivity index (χ3n) is 6.09. The van der Waals surface area contributed by atoms with E-state index in [1.54, 1.807) is 7.11 Å². The predicted octanol–water partition coefficient (Wildman–Crippen LogP) is 4.64. The molecule has 6 heteroatoms. The SMILES string of the molecule is COc1ccccc1CN[C@H]1C2CCN(CC2)[C@@H]1c1cccc(C(F)(F)F)c1. The van der Waals surface area contributed by atoms with E-state index in [1.807, 2.05) is 30.3 Å². The summed E-state index contributed by atoms with van der Waals surface area (Å²) in [4.78, 5) is 2.33. The number of piperidine rings is 3. The lowest BCUT2D eigenvalue weighted by molar-refractivity contribution is -0.137. The van der Waals surface area contributed by atoms with E-state index >= 15 is 0 Å². The van der Waals surface area contributed by atoms with Crippen molar-refractivity contribution in [1.29, 1.82) is 0 Å². The second kappa shape index (κ2) is 7.76. The van der Waals surface area contributed by atoms with Gasteiger partial charge in [0.1, 0.15) is 5.75 Å². The zero-order valence-electron chi connectivity index (χ0n) is 15.9. The Hall–Kier alpha value is -2.05. The summed E-state index contributed by atoms with van der Waals surface area (Å²) in [5.41, 5.74) is 1.23. The van der Waals surface area contributed by atoms with Crippen LogP contribution in [0.1, 0.15) is 35.6 Å². The largest absolute Gasteiger partial charge is 0.496 e. The number of para-hydroxylation sites is 1. The second-order valence-corrected chi connectivity index (χ2v) is 7.66. The van der Waals surface area contributed by atoms with Gasteiger partial charge in [0.2, 0.25) is 0 Å². The van der Waals surface area contributed by atoms with Crippen LogP contribution in [0.25, 0.3) is 0 Å². The molecule has 3 saturated heterocycles. The number of hydrogen-bond donors (Lipinski definition) is 1. The van der Waals surface area contributed by atoms with Crippen molar-refractivity contribution in [3.05, 3.63) is 65.2 Å². The van der Waals surface area contributed by atoms with Crippen molar-refractivity contribution in [2.75, 3.05) is 20.2 Å². The Bertz CT molecular complexity index is 815. The molecule has 0 aromatic heterocycles. The highest BCUT2D eigenvalue weighted by Gasteiger charge is 2.43. The monoisotopic (exact) mass is 390 g/mol. The molecule has 2 aromatic rings. The van der Waals surface area contributed by atoms with Gasteiger partial charge in [-0.25, -0.2) is 0 Å². The van der Waals surface area contributed by atoms with E-state index < -0.39 is 11.7 Å². The molecular weight excluding hydrogens is 365 g/mol. The van der Waals surface area contributed by atoms with E-state index in [9.17, 15) is 13.2 Å². The Balaban J connectivity index is 1.60. The molecule has 3 nitrogen and oxygen atoms in total. The zero-order chi connectivity index (χ0) is 19.7. The van der Waals surface area contributed by atoms with E-state index in [1.165, 1.54) is 12.1 Å². The average Bonchev–Trinajstić information content (AvgIpc) is 2.72. The van der Waals surface area contributed by atoms with E-state index in [4.69, 9.17) is 4.74 Å². The number of benzene rings is 2. The first-order chi connectivity index (χ1) is 13.5. The Morgan fingerprint density at radius 1 is 1.07 bits per heavy atom. The quantitative estimate of drug-likeness (QED) is 0.805. The van der Waals surface area contributed by atoms with Crippen LogP contribution in [0.3, 0.4) is 0 Å². The number of rotatable bonds is 5. The van der Waals surface area contributed by atoms with Gasteiger partial charge in [0.05, 0.1) is 18.7 Å². The first kappa shape index (κ1) is 19.3. The molecule has 3 fully saturated rings. The van der Waals surface area contributed by atoms with Gasteiger partial charge in [-0.3, -0.25) is 4.90 Å². The standard InChI is InChI=1S/C22H25F3N2O/c1-28-19-8-3-2-5-17(19)14-26-20-15-9-11-27(12-10-15)21(20)16-6-4-7-18(13-16)22(23,24)25/h2-8,13,15,20-21,26H,9-12,14H2,1H3/t20-,21+/m0/s1. The molecule has 0 aliphatic carbocycles. The van der Waals surface area contributed by atoms with Gasteiger partial charge in [0, 0.05) is 18.2 Å². The summed E-state index contributed by atoms with van der Waals surface area (Å²) in [6.45, 7) is 2.52. The summed E-state index contributed by atoms with van der Waals surface area (Å²) in [6, 6.07) is 13.8. The first-order valence-electron chi connectivity index (χ1n) is 9.74. The van der Waals surface area contributed by atoms with Crippen molar-refractivity contribution >= 4 is 0 Å². The minimum Gasteiger partial charge on any atom is -0.496 e. The topological polar surface area (TPSA) is 24.5 Å². The van der Waals surface area contributed by atoms with Gasteiger partial charge >= 0.3 is 6.18 Å². The minimum atomic E-state index is -4.32. The van der Waals surface area contributed by atoms with Gasteiger partial charge in [0.25, 0.3) is 0 Å². The van der Waals surface area contributed by atoms with Crippen LogP contribution in [0.2, 0.25) is 0 Å². The van der Waals surface area contributed by atoms with Crippen molar-refractivity contribution in [2.45, 2.75) is 37.6 Å². The highest BCUT2D eigenvalue weighted by atomic mass is 19.4. The third-order valence-corrected chi connectivity index (χ3v) is 6.09. The molecule has 0 saturated carbocycles. The molecule has 5 rings (SSSR count). The molecule has 3 heterocycles. The maximum Gasteiger partial charge on any atom is 0.416 e. The second-order valence-electron chi connectivity index (χ2n) is 7.66. The van der Waals surface area contributed by atoms with Gasteiger partial charge in [0.15, 0.2) is 0 Å². The Labute approximate surface area is 163 Å². The number of ether oxygens (including phenoxy) is 1. The predicted molar refractivity (Wildman–Crippen MR) is 102 cm³/mol. The fraction of sp³-hybridized carbons (Fsp3) is 0.455. The van der Waals surface area contributed by atoms with Crippen LogP contribution in [0.15, 0.2) is 48.5 Å². The van der Waals surface area contributed by atoms with E-state index in [2.05, 4.69) is 10.2 Å². The van der Waals surface area contributed by atoms with Gasteiger partial charge in [-0.2, -0.15) is 13.2 Å². The lowest BCUT2D eigenvalue weighted by atomic mass is 9.76. The molecule has 0 spiro atoms. The third kappa shape index (κ3) is 3.76. The van der Waals surface area contributed by atoms with Crippen LogP contribution >= 0.6 is 0 Å². The molecule has 0 radical (unpaired) electrons. The number of alkyl halides is 3. The van der Waals surface area contributed by atoms with E-state index in [0.29, 0.717) is 12.5 Å². The van der Waals surface area contributed by atoms with Gasteiger partial charge in [-0.15, -0.1) is 0 Å². The van der Waals surface area contributed by atoms with Crippen molar-refractivity contribution in [3.63, 3.8) is 0 Å². The molecule has 150 valence electrons. The molecule has 0 amide bonds. The van der Waals surface area contributed by atoms with E-state index in [-0.39, 0.29) is 12.1 Å². The lowest BCUT2D eigenvalue weighted by Crippen LogP contribution is -2.57. The summed E-state index contributed by atoms with van der Waals surface area (Å²) in [6.07, 6.45) is -2.16. The fourth-order valence-electron chi connectivity index (χ4n) is 4.71. The summed E-state index contributed by atoms with van der Waals surface area (Å²) in [7, 11) is 1.65. The number of nitrogens with zero attached hydrogens (tertiary/aromatic N) is 1. The smallest absolute Gasteiger partial charge is 0.416 e. The molecule has 3 aliphatic heterocycles. The molecule has 2 bridgehead atoms. The number of nitrogens with one attached hydrogen (secondary N) is 1. The maximum atomic E-state index is 13.2.